The second-order valence-corrected chi connectivity index (χ2v) is 9.14. The van der Waals surface area contributed by atoms with Gasteiger partial charge in [0.2, 0.25) is 5.91 Å². The number of carbonyl (C=O) groups excluding carboxylic acids is 2. The number of amides is 1. The monoisotopic (exact) mass is 482 g/mol. The first-order valence-corrected chi connectivity index (χ1v) is 12.0. The van der Waals surface area contributed by atoms with Crippen molar-refractivity contribution in [2.45, 2.75) is 18.7 Å². The van der Waals surface area contributed by atoms with Gasteiger partial charge in [-0.25, -0.2) is 13.2 Å². The molecule has 1 N–H and O–H groups in total. The Morgan fingerprint density at radius 2 is 1.68 bits per heavy atom. The third-order valence-electron chi connectivity index (χ3n) is 5.06. The van der Waals surface area contributed by atoms with Gasteiger partial charge in [-0.05, 0) is 55.8 Å². The number of hydrogen-bond acceptors (Lipinski definition) is 6. The van der Waals surface area contributed by atoms with Crippen LogP contribution in [0.3, 0.4) is 0 Å². The van der Waals surface area contributed by atoms with Gasteiger partial charge in [0.1, 0.15) is 12.3 Å². The molecule has 0 aliphatic heterocycles. The normalized spacial score (nSPS) is 10.9. The minimum absolute atomic E-state index is 0.0473. The highest BCUT2D eigenvalue weighted by atomic mass is 32.2. The smallest absolute Gasteiger partial charge is 0.338 e. The molecule has 1 amide bonds. The lowest BCUT2D eigenvalue weighted by Gasteiger charge is -2.24. The van der Waals surface area contributed by atoms with Crippen molar-refractivity contribution in [3.05, 3.63) is 83.9 Å². The molecule has 0 heterocycles. The molecule has 0 unspecified atom stereocenters. The predicted molar refractivity (Wildman–Crippen MR) is 130 cm³/mol. The first-order chi connectivity index (χ1) is 16.3. The van der Waals surface area contributed by atoms with Gasteiger partial charge in [-0.3, -0.25) is 9.10 Å². The number of ether oxygens (including phenoxy) is 2. The zero-order valence-electron chi connectivity index (χ0n) is 19.1. The van der Waals surface area contributed by atoms with E-state index in [1.54, 1.807) is 74.5 Å². The van der Waals surface area contributed by atoms with E-state index in [-0.39, 0.29) is 17.2 Å². The Morgan fingerprint density at radius 3 is 2.35 bits per heavy atom. The molecule has 0 radical (unpaired) electrons. The Kier molecular flexibility index (Phi) is 7.91. The van der Waals surface area contributed by atoms with Crippen LogP contribution in [0.25, 0.3) is 0 Å². The van der Waals surface area contributed by atoms with Crippen LogP contribution in [-0.2, 0) is 19.6 Å². The highest BCUT2D eigenvalue weighted by Gasteiger charge is 2.28. The molecule has 178 valence electrons. The Balaban J connectivity index is 1.94. The van der Waals surface area contributed by atoms with Crippen molar-refractivity contribution in [1.29, 1.82) is 0 Å². The fraction of sp³-hybridized carbons (Fsp3) is 0.200. The van der Waals surface area contributed by atoms with E-state index >= 15 is 0 Å². The predicted octanol–water partition coefficient (Wildman–Crippen LogP) is 4.01. The molecule has 0 atom stereocenters. The zero-order chi connectivity index (χ0) is 24.7. The maximum atomic E-state index is 13.4. The largest absolute Gasteiger partial charge is 0.497 e. The second-order valence-electron chi connectivity index (χ2n) is 7.27. The van der Waals surface area contributed by atoms with Crippen molar-refractivity contribution in [2.24, 2.45) is 0 Å². The number of methoxy groups -OCH3 is 1. The Labute approximate surface area is 199 Å². The van der Waals surface area contributed by atoms with E-state index in [0.717, 1.165) is 4.31 Å². The summed E-state index contributed by atoms with van der Waals surface area (Å²) in [6.45, 7) is 3.12. The molecule has 9 heteroatoms. The van der Waals surface area contributed by atoms with Crippen LogP contribution in [0.5, 0.6) is 5.75 Å². The standard InChI is InChI=1S/C25H26N2O6S/c1-4-33-25(29)22-14-9-15-23(18(22)2)26-24(28)17-27(19-10-8-11-20(16-19)32-3)34(30,31)21-12-6-5-7-13-21/h5-16H,4,17H2,1-3H3,(H,26,28). The number of sulfonamides is 1. The number of nitrogens with zero attached hydrogens (tertiary/aromatic N) is 1. The molecule has 0 saturated heterocycles. The van der Waals surface area contributed by atoms with Gasteiger partial charge in [-0.2, -0.15) is 0 Å². The van der Waals surface area contributed by atoms with E-state index in [2.05, 4.69) is 5.32 Å². The van der Waals surface area contributed by atoms with Crippen LogP contribution in [0.15, 0.2) is 77.7 Å². The molecule has 34 heavy (non-hydrogen) atoms. The molecule has 3 rings (SSSR count). The molecule has 0 spiro atoms. The average molecular weight is 483 g/mol. The van der Waals surface area contributed by atoms with Crippen LogP contribution in [0.1, 0.15) is 22.8 Å². The minimum Gasteiger partial charge on any atom is -0.497 e. The van der Waals surface area contributed by atoms with Crippen LogP contribution < -0.4 is 14.4 Å². The first-order valence-electron chi connectivity index (χ1n) is 10.6. The number of hydrogen-bond donors (Lipinski definition) is 1. The van der Waals surface area contributed by atoms with Gasteiger partial charge in [0.15, 0.2) is 0 Å². The SMILES string of the molecule is CCOC(=O)c1cccc(NC(=O)CN(c2cccc(OC)c2)S(=O)(=O)c2ccccc2)c1C. The van der Waals surface area contributed by atoms with E-state index in [1.165, 1.54) is 19.2 Å². The van der Waals surface area contributed by atoms with Crippen LogP contribution in [0.4, 0.5) is 11.4 Å². The lowest BCUT2D eigenvalue weighted by molar-refractivity contribution is -0.114. The fourth-order valence-electron chi connectivity index (χ4n) is 3.32. The maximum Gasteiger partial charge on any atom is 0.338 e. The molecule has 0 aliphatic carbocycles. The number of nitrogens with one attached hydrogen (secondary N) is 1. The third kappa shape index (κ3) is 5.55. The van der Waals surface area contributed by atoms with Crippen molar-refractivity contribution >= 4 is 33.3 Å². The van der Waals surface area contributed by atoms with Crippen LogP contribution in [0.2, 0.25) is 0 Å². The number of rotatable bonds is 9. The van der Waals surface area contributed by atoms with Crippen LogP contribution in [-0.4, -0.2) is 40.6 Å². The average Bonchev–Trinajstić information content (AvgIpc) is 2.84. The van der Waals surface area contributed by atoms with Gasteiger partial charge >= 0.3 is 5.97 Å². The highest BCUT2D eigenvalue weighted by molar-refractivity contribution is 7.92. The Hall–Kier alpha value is -3.85. The minimum atomic E-state index is -4.06. The van der Waals surface area contributed by atoms with E-state index in [9.17, 15) is 18.0 Å². The van der Waals surface area contributed by atoms with Crippen molar-refractivity contribution in [3.63, 3.8) is 0 Å². The number of anilines is 2. The van der Waals surface area contributed by atoms with E-state index in [1.807, 2.05) is 0 Å². The van der Waals surface area contributed by atoms with Gasteiger partial charge in [-0.15, -0.1) is 0 Å². The zero-order valence-corrected chi connectivity index (χ0v) is 20.0. The molecular formula is C25H26N2O6S. The van der Waals surface area contributed by atoms with Gasteiger partial charge in [0.05, 0.1) is 29.9 Å². The molecule has 0 aliphatic rings. The van der Waals surface area contributed by atoms with Crippen molar-refractivity contribution in [2.75, 3.05) is 29.9 Å². The number of carbonyl (C=O) groups is 2. The van der Waals surface area contributed by atoms with Gasteiger partial charge in [0.25, 0.3) is 10.0 Å². The lowest BCUT2D eigenvalue weighted by Crippen LogP contribution is -2.38. The summed E-state index contributed by atoms with van der Waals surface area (Å²) in [5.74, 6) is -0.628. The summed E-state index contributed by atoms with van der Waals surface area (Å²) in [6.07, 6.45) is 0. The van der Waals surface area contributed by atoms with Crippen molar-refractivity contribution in [3.8, 4) is 5.75 Å². The van der Waals surface area contributed by atoms with Gasteiger partial charge in [-0.1, -0.05) is 30.3 Å². The molecule has 0 fully saturated rings. The summed E-state index contributed by atoms with van der Waals surface area (Å²) >= 11 is 0. The summed E-state index contributed by atoms with van der Waals surface area (Å²) in [6, 6.07) is 19.2. The molecular weight excluding hydrogens is 456 g/mol. The molecule has 0 aromatic heterocycles. The van der Waals surface area contributed by atoms with E-state index in [4.69, 9.17) is 9.47 Å². The molecule has 3 aromatic rings. The fourth-order valence-corrected chi connectivity index (χ4v) is 4.76. The maximum absolute atomic E-state index is 13.4. The summed E-state index contributed by atoms with van der Waals surface area (Å²) in [5.41, 5.74) is 1.50. The van der Waals surface area contributed by atoms with Crippen LogP contribution >= 0.6 is 0 Å². The van der Waals surface area contributed by atoms with E-state index in [0.29, 0.717) is 22.6 Å². The second kappa shape index (κ2) is 10.8. The van der Waals surface area contributed by atoms with Crippen LogP contribution in [0, 0.1) is 6.92 Å². The van der Waals surface area contributed by atoms with Crippen molar-refractivity contribution in [1.82, 2.24) is 0 Å². The highest BCUT2D eigenvalue weighted by Crippen LogP contribution is 2.27. The summed E-state index contributed by atoms with van der Waals surface area (Å²) in [7, 11) is -2.59. The molecule has 8 nitrogen and oxygen atoms in total. The summed E-state index contributed by atoms with van der Waals surface area (Å²) in [5, 5.41) is 2.72. The van der Waals surface area contributed by atoms with Gasteiger partial charge < -0.3 is 14.8 Å². The molecule has 0 saturated carbocycles. The number of esters is 1. The summed E-state index contributed by atoms with van der Waals surface area (Å²) < 4.78 is 38.2. The number of benzene rings is 3. The molecule has 3 aromatic carbocycles. The quantitative estimate of drug-likeness (QED) is 0.462. The van der Waals surface area contributed by atoms with Gasteiger partial charge in [0, 0.05) is 11.8 Å². The van der Waals surface area contributed by atoms with E-state index < -0.39 is 28.4 Å². The third-order valence-corrected chi connectivity index (χ3v) is 6.85. The first kappa shape index (κ1) is 24.8. The molecule has 0 bridgehead atoms. The lowest BCUT2D eigenvalue weighted by atomic mass is 10.1. The Morgan fingerprint density at radius 1 is 0.971 bits per heavy atom. The topological polar surface area (TPSA) is 102 Å². The summed E-state index contributed by atoms with van der Waals surface area (Å²) in [4.78, 5) is 25.3. The Bertz CT molecular complexity index is 1280. The van der Waals surface area contributed by atoms with Crippen molar-refractivity contribution < 1.29 is 27.5 Å².